The first-order valence-corrected chi connectivity index (χ1v) is 23.5. The summed E-state index contributed by atoms with van der Waals surface area (Å²) >= 11 is 0. The molecule has 0 aliphatic rings. The first-order chi connectivity index (χ1) is 26.3. The van der Waals surface area contributed by atoms with Crippen molar-refractivity contribution in [2.24, 2.45) is 0 Å². The molecule has 1 atom stereocenters. The number of hydrogen-bond donors (Lipinski definition) is 1. The molecule has 0 fully saturated rings. The van der Waals surface area contributed by atoms with Crippen molar-refractivity contribution in [3.05, 3.63) is 0 Å². The highest BCUT2D eigenvalue weighted by Crippen LogP contribution is 2.39. The second-order valence-corrected chi connectivity index (χ2v) is 16.2. The highest BCUT2D eigenvalue weighted by Gasteiger charge is 2.19. The fourth-order valence-corrected chi connectivity index (χ4v) is 6.95. The summed E-state index contributed by atoms with van der Waals surface area (Å²) in [5.41, 5.74) is 0. The van der Waals surface area contributed by atoms with Gasteiger partial charge in [0.25, 0.3) is 7.82 Å². The molecule has 1 N–H and O–H groups in total. The predicted molar refractivity (Wildman–Crippen MR) is 216 cm³/mol. The molecule has 1 unspecified atom stereocenters. The van der Waals surface area contributed by atoms with E-state index in [9.17, 15) is 19.0 Å². The fourth-order valence-electron chi connectivity index (χ4n) is 6.09. The first-order valence-electron chi connectivity index (χ1n) is 22.0. The van der Waals surface area contributed by atoms with E-state index in [0.717, 1.165) is 25.7 Å². The third-order valence-corrected chi connectivity index (χ3v) is 10.4. The maximum absolute atomic E-state index is 12.5. The van der Waals surface area contributed by atoms with Crippen LogP contribution in [0.5, 0.6) is 0 Å². The quantitative estimate of drug-likeness (QED) is 0.0360. The van der Waals surface area contributed by atoms with Gasteiger partial charge in [0, 0.05) is 32.6 Å². The summed E-state index contributed by atoms with van der Waals surface area (Å²) in [5, 5.41) is 2.52. The highest BCUT2D eigenvalue weighted by atomic mass is 31.2. The maximum Gasteiger partial charge on any atom is 0.268 e. The zero-order valence-corrected chi connectivity index (χ0v) is 36.0. The SMILES string of the molecule is CCCCCCCCCCCCCCCOCOCC(COCOCCCCCCCCCCCCCCC)OP(=O)([O-])OCCNC(=O)CCC(C)=O. The minimum Gasteiger partial charge on any atom is -0.756 e. The maximum atomic E-state index is 12.5. The Hall–Kier alpha value is -0.910. The van der Waals surface area contributed by atoms with Crippen LogP contribution in [0.2, 0.25) is 0 Å². The number of unbranched alkanes of at least 4 members (excludes halogenated alkanes) is 24. The molecule has 0 aromatic carbocycles. The third-order valence-electron chi connectivity index (χ3n) is 9.38. The molecule has 0 saturated carbocycles. The summed E-state index contributed by atoms with van der Waals surface area (Å²) in [5.74, 6) is -0.447. The van der Waals surface area contributed by atoms with Crippen LogP contribution >= 0.6 is 7.82 Å². The Labute approximate surface area is 331 Å². The number of carbonyl (C=O) groups excluding carboxylic acids is 2. The molecule has 1 amide bonds. The molecule has 0 aliphatic carbocycles. The molecule has 0 radical (unpaired) electrons. The van der Waals surface area contributed by atoms with Gasteiger partial charge in [0.05, 0.1) is 19.8 Å². The van der Waals surface area contributed by atoms with Gasteiger partial charge in [0.15, 0.2) is 0 Å². The van der Waals surface area contributed by atoms with Gasteiger partial charge >= 0.3 is 0 Å². The van der Waals surface area contributed by atoms with Crippen LogP contribution in [0.25, 0.3) is 0 Å². The average molecular weight is 793 g/mol. The summed E-state index contributed by atoms with van der Waals surface area (Å²) in [7, 11) is -4.72. The molecular weight excluding hydrogens is 709 g/mol. The number of rotatable bonds is 45. The fraction of sp³-hybridized carbons (Fsp3) is 0.952. The predicted octanol–water partition coefficient (Wildman–Crippen LogP) is 10.5. The van der Waals surface area contributed by atoms with E-state index in [0.29, 0.717) is 13.2 Å². The van der Waals surface area contributed by atoms with Gasteiger partial charge in [-0.2, -0.15) is 0 Å². The van der Waals surface area contributed by atoms with Crippen molar-refractivity contribution < 1.29 is 47.0 Å². The van der Waals surface area contributed by atoms with Gasteiger partial charge in [0.1, 0.15) is 25.5 Å². The van der Waals surface area contributed by atoms with Crippen LogP contribution in [-0.2, 0) is 42.1 Å². The molecule has 0 bridgehead atoms. The molecule has 0 saturated heterocycles. The molecule has 0 heterocycles. The lowest BCUT2D eigenvalue weighted by Crippen LogP contribution is -2.30. The molecule has 0 spiro atoms. The van der Waals surface area contributed by atoms with E-state index in [1.54, 1.807) is 0 Å². The Morgan fingerprint density at radius 3 is 1.28 bits per heavy atom. The lowest BCUT2D eigenvalue weighted by Gasteiger charge is -2.28. The van der Waals surface area contributed by atoms with E-state index in [1.807, 2.05) is 0 Å². The number of phosphoric ester groups is 1. The zero-order chi connectivity index (χ0) is 39.6. The van der Waals surface area contributed by atoms with Gasteiger partial charge in [-0.15, -0.1) is 0 Å². The van der Waals surface area contributed by atoms with Crippen molar-refractivity contribution in [2.45, 2.75) is 207 Å². The summed E-state index contributed by atoms with van der Waals surface area (Å²) in [4.78, 5) is 35.3. The van der Waals surface area contributed by atoms with E-state index in [1.165, 1.54) is 148 Å². The summed E-state index contributed by atoms with van der Waals surface area (Å²) in [6.45, 7) is 6.63. The molecular formula is C42H83NO10P-. The van der Waals surface area contributed by atoms with Crippen molar-refractivity contribution in [1.29, 1.82) is 0 Å². The van der Waals surface area contributed by atoms with Crippen LogP contribution in [0.4, 0.5) is 0 Å². The highest BCUT2D eigenvalue weighted by molar-refractivity contribution is 7.45. The second kappa shape index (κ2) is 41.7. The number of ketones is 1. The largest absolute Gasteiger partial charge is 0.756 e. The Kier molecular flexibility index (Phi) is 41.0. The second-order valence-electron chi connectivity index (χ2n) is 14.8. The first kappa shape index (κ1) is 53.1. The van der Waals surface area contributed by atoms with Crippen molar-refractivity contribution in [1.82, 2.24) is 5.32 Å². The number of ether oxygens (including phenoxy) is 4. The van der Waals surface area contributed by atoms with Crippen molar-refractivity contribution >= 4 is 19.5 Å². The number of amides is 1. The molecule has 54 heavy (non-hydrogen) atoms. The lowest BCUT2D eigenvalue weighted by molar-refractivity contribution is -0.235. The van der Waals surface area contributed by atoms with Gasteiger partial charge in [0.2, 0.25) is 5.91 Å². The van der Waals surface area contributed by atoms with Crippen molar-refractivity contribution in [2.75, 3.05) is 53.2 Å². The number of Topliss-reactive ketones (excluding diaryl/α,β-unsaturated/α-hetero) is 1. The number of carbonyl (C=O) groups is 2. The average Bonchev–Trinajstić information content (AvgIpc) is 3.14. The number of nitrogens with one attached hydrogen (secondary N) is 1. The van der Waals surface area contributed by atoms with Crippen LogP contribution in [0, 0.1) is 0 Å². The minimum absolute atomic E-state index is 0.0178. The summed E-state index contributed by atoms with van der Waals surface area (Å²) in [6, 6.07) is 0. The van der Waals surface area contributed by atoms with E-state index in [-0.39, 0.29) is 64.5 Å². The van der Waals surface area contributed by atoms with E-state index >= 15 is 0 Å². The van der Waals surface area contributed by atoms with Gasteiger partial charge < -0.3 is 43.0 Å². The van der Waals surface area contributed by atoms with E-state index in [2.05, 4.69) is 19.2 Å². The van der Waals surface area contributed by atoms with E-state index < -0.39 is 13.9 Å². The molecule has 322 valence electrons. The standard InChI is InChI=1S/C42H84NO10P/c1-4-6-8-10-12-14-16-18-20-22-24-26-28-33-48-38-50-36-41(53-54(46,47)52-35-32-43-42(45)31-30-40(3)44)37-51-39-49-34-29-27-25-23-21-19-17-15-13-11-9-7-5-2/h41H,4-39H2,1-3H3,(H,43,45)(H,46,47)/p-1. The van der Waals surface area contributed by atoms with Gasteiger partial charge in [-0.25, -0.2) is 0 Å². The number of hydrogen-bond acceptors (Lipinski definition) is 10. The van der Waals surface area contributed by atoms with Crippen molar-refractivity contribution in [3.8, 4) is 0 Å². The van der Waals surface area contributed by atoms with Crippen LogP contribution in [0.3, 0.4) is 0 Å². The lowest BCUT2D eigenvalue weighted by atomic mass is 10.0. The molecule has 0 aromatic heterocycles. The van der Waals surface area contributed by atoms with Crippen LogP contribution in [0.1, 0.15) is 201 Å². The minimum atomic E-state index is -4.72. The topological polar surface area (TPSA) is 142 Å². The molecule has 0 aromatic rings. The molecule has 12 heteroatoms. The monoisotopic (exact) mass is 793 g/mol. The number of phosphoric acid groups is 1. The smallest absolute Gasteiger partial charge is 0.268 e. The van der Waals surface area contributed by atoms with E-state index in [4.69, 9.17) is 28.0 Å². The summed E-state index contributed by atoms with van der Waals surface area (Å²) < 4.78 is 45.1. The van der Waals surface area contributed by atoms with Crippen LogP contribution in [-0.4, -0.2) is 71.0 Å². The molecule has 11 nitrogen and oxygen atoms in total. The Balaban J connectivity index is 4.19. The van der Waals surface area contributed by atoms with Crippen LogP contribution < -0.4 is 10.2 Å². The Morgan fingerprint density at radius 1 is 0.537 bits per heavy atom. The van der Waals surface area contributed by atoms with Crippen LogP contribution in [0.15, 0.2) is 0 Å². The Morgan fingerprint density at radius 2 is 0.907 bits per heavy atom. The zero-order valence-electron chi connectivity index (χ0n) is 35.1. The Bertz CT molecular complexity index is 827. The summed E-state index contributed by atoms with van der Waals surface area (Å²) in [6.07, 6.45) is 32.6. The molecule has 0 rings (SSSR count). The van der Waals surface area contributed by atoms with Gasteiger partial charge in [-0.05, 0) is 19.8 Å². The normalized spacial score (nSPS) is 12.8. The van der Waals surface area contributed by atoms with Gasteiger partial charge in [-0.1, -0.05) is 168 Å². The van der Waals surface area contributed by atoms with Gasteiger partial charge in [-0.3, -0.25) is 9.36 Å². The molecule has 0 aliphatic heterocycles. The van der Waals surface area contributed by atoms with Crippen molar-refractivity contribution in [3.63, 3.8) is 0 Å². The third kappa shape index (κ3) is 42.2.